The van der Waals surface area contributed by atoms with Crippen LogP contribution >= 0.6 is 0 Å². The number of nitrogens with one attached hydrogen (secondary N) is 1. The Labute approximate surface area is 60.8 Å². The van der Waals surface area contributed by atoms with Gasteiger partial charge in [-0.1, -0.05) is 0 Å². The third-order valence-corrected chi connectivity index (χ3v) is 1.30. The Morgan fingerprint density at radius 3 is 3.27 bits per heavy atom. The molecule has 0 saturated carbocycles. The first kappa shape index (κ1) is 5.96. The van der Waals surface area contributed by atoms with Crippen LogP contribution in [0.25, 0.3) is 11.2 Å². The predicted octanol–water partition coefficient (Wildman–Crippen LogP) is 0.0983. The van der Waals surface area contributed by atoms with Crippen molar-refractivity contribution in [2.24, 2.45) is 0 Å². The molecular weight excluding hydrogens is 146 g/mol. The SMILES string of the molecule is Nc1cnc2oc(=O)[nH]c2c1. The number of hydrogen-bond donors (Lipinski definition) is 2. The summed E-state index contributed by atoms with van der Waals surface area (Å²) in [6.45, 7) is 0. The fraction of sp³-hybridized carbons (Fsp3) is 0. The largest absolute Gasteiger partial charge is 0.418 e. The lowest BCUT2D eigenvalue weighted by Gasteiger charge is -1.87. The molecule has 2 rings (SSSR count). The molecular formula is C6H5N3O2. The lowest BCUT2D eigenvalue weighted by atomic mass is 10.4. The Bertz CT molecular complexity index is 442. The van der Waals surface area contributed by atoms with Gasteiger partial charge in [-0.05, 0) is 6.07 Å². The van der Waals surface area contributed by atoms with Gasteiger partial charge in [0, 0.05) is 0 Å². The van der Waals surface area contributed by atoms with Crippen LogP contribution in [0.3, 0.4) is 0 Å². The van der Waals surface area contributed by atoms with Gasteiger partial charge in [0.05, 0.1) is 11.9 Å². The van der Waals surface area contributed by atoms with Gasteiger partial charge < -0.3 is 10.2 Å². The van der Waals surface area contributed by atoms with Gasteiger partial charge in [-0.2, -0.15) is 0 Å². The first-order valence-corrected chi connectivity index (χ1v) is 3.00. The van der Waals surface area contributed by atoms with Crippen LogP contribution in [0.4, 0.5) is 5.69 Å². The zero-order valence-electron chi connectivity index (χ0n) is 5.50. The molecule has 2 heterocycles. The molecule has 0 radical (unpaired) electrons. The number of aromatic amines is 1. The number of pyridine rings is 1. The average Bonchev–Trinajstić information content (AvgIpc) is 2.27. The Kier molecular flexibility index (Phi) is 1.00. The number of oxazole rings is 1. The van der Waals surface area contributed by atoms with Gasteiger partial charge in [0.1, 0.15) is 5.52 Å². The van der Waals surface area contributed by atoms with Gasteiger partial charge in [0.25, 0.3) is 0 Å². The van der Waals surface area contributed by atoms with Gasteiger partial charge in [0.15, 0.2) is 0 Å². The minimum Gasteiger partial charge on any atom is -0.397 e. The highest BCUT2D eigenvalue weighted by Crippen LogP contribution is 2.08. The lowest BCUT2D eigenvalue weighted by Crippen LogP contribution is -1.93. The molecule has 0 spiro atoms. The number of aromatic nitrogens is 2. The average molecular weight is 151 g/mol. The zero-order chi connectivity index (χ0) is 7.84. The Balaban J connectivity index is 2.92. The highest BCUT2D eigenvalue weighted by atomic mass is 16.4. The highest BCUT2D eigenvalue weighted by molar-refractivity contribution is 5.71. The molecule has 0 amide bonds. The smallest absolute Gasteiger partial charge is 0.397 e. The van der Waals surface area contributed by atoms with Crippen LogP contribution in [0, 0.1) is 0 Å². The topological polar surface area (TPSA) is 84.9 Å². The molecule has 2 aromatic rings. The molecule has 0 unspecified atom stereocenters. The maximum absolute atomic E-state index is 10.6. The molecule has 3 N–H and O–H groups in total. The molecule has 0 aliphatic rings. The maximum atomic E-state index is 10.6. The quantitative estimate of drug-likeness (QED) is 0.559. The molecule has 0 aromatic carbocycles. The van der Waals surface area contributed by atoms with E-state index in [1.165, 1.54) is 6.20 Å². The number of nitrogens with two attached hydrogens (primary N) is 1. The van der Waals surface area contributed by atoms with E-state index in [-0.39, 0.29) is 5.71 Å². The molecule has 11 heavy (non-hydrogen) atoms. The van der Waals surface area contributed by atoms with Crippen molar-refractivity contribution in [1.82, 2.24) is 9.97 Å². The van der Waals surface area contributed by atoms with E-state index in [0.717, 1.165) is 0 Å². The van der Waals surface area contributed by atoms with E-state index in [4.69, 9.17) is 5.73 Å². The Morgan fingerprint density at radius 1 is 1.64 bits per heavy atom. The molecule has 5 heteroatoms. The molecule has 0 bridgehead atoms. The standard InChI is InChI=1S/C6H5N3O2/c7-3-1-4-5(8-2-3)11-6(10)9-4/h1-2H,7H2,(H,9,10). The minimum atomic E-state index is -0.516. The third kappa shape index (κ3) is 0.861. The normalized spacial score (nSPS) is 10.5. The molecule has 0 saturated heterocycles. The van der Waals surface area contributed by atoms with Crippen molar-refractivity contribution in [2.45, 2.75) is 0 Å². The number of fused-ring (bicyclic) bond motifs is 1. The summed E-state index contributed by atoms with van der Waals surface area (Å²) in [5, 5.41) is 0. The summed E-state index contributed by atoms with van der Waals surface area (Å²) in [5.41, 5.74) is 6.71. The van der Waals surface area contributed by atoms with Gasteiger partial charge in [-0.15, -0.1) is 0 Å². The van der Waals surface area contributed by atoms with E-state index in [9.17, 15) is 4.79 Å². The summed E-state index contributed by atoms with van der Waals surface area (Å²) in [4.78, 5) is 16.8. The third-order valence-electron chi connectivity index (χ3n) is 1.30. The van der Waals surface area contributed by atoms with Crippen LogP contribution in [0.2, 0.25) is 0 Å². The molecule has 56 valence electrons. The second-order valence-electron chi connectivity index (χ2n) is 2.14. The van der Waals surface area contributed by atoms with Crippen molar-refractivity contribution >= 4 is 16.9 Å². The summed E-state index contributed by atoms with van der Waals surface area (Å²) in [6.07, 6.45) is 1.43. The maximum Gasteiger partial charge on any atom is 0.418 e. The van der Waals surface area contributed by atoms with E-state index in [1.54, 1.807) is 6.07 Å². The van der Waals surface area contributed by atoms with Crippen molar-refractivity contribution in [1.29, 1.82) is 0 Å². The second kappa shape index (κ2) is 1.85. The van der Waals surface area contributed by atoms with E-state index in [0.29, 0.717) is 11.2 Å². The van der Waals surface area contributed by atoms with Crippen LogP contribution in [0.1, 0.15) is 0 Å². The first-order valence-electron chi connectivity index (χ1n) is 3.00. The number of anilines is 1. The lowest BCUT2D eigenvalue weighted by molar-refractivity contribution is 0.545. The molecule has 0 aliphatic heterocycles. The van der Waals surface area contributed by atoms with Crippen molar-refractivity contribution in [3.05, 3.63) is 22.8 Å². The summed E-state index contributed by atoms with van der Waals surface area (Å²) in [6, 6.07) is 1.59. The van der Waals surface area contributed by atoms with E-state index < -0.39 is 5.76 Å². The zero-order valence-corrected chi connectivity index (χ0v) is 5.50. The Morgan fingerprint density at radius 2 is 2.45 bits per heavy atom. The van der Waals surface area contributed by atoms with Gasteiger partial charge in [0.2, 0.25) is 5.71 Å². The number of H-pyrrole nitrogens is 1. The first-order chi connectivity index (χ1) is 5.25. The van der Waals surface area contributed by atoms with Crippen LogP contribution < -0.4 is 11.5 Å². The van der Waals surface area contributed by atoms with Crippen molar-refractivity contribution in [3.8, 4) is 0 Å². The van der Waals surface area contributed by atoms with E-state index in [2.05, 4.69) is 14.4 Å². The fourth-order valence-electron chi connectivity index (χ4n) is 0.863. The molecule has 0 aliphatic carbocycles. The minimum absolute atomic E-state index is 0.282. The summed E-state index contributed by atoms with van der Waals surface area (Å²) >= 11 is 0. The number of hydrogen-bond acceptors (Lipinski definition) is 4. The van der Waals surface area contributed by atoms with Crippen LogP contribution in [0.15, 0.2) is 21.5 Å². The Hall–Kier alpha value is -1.78. The van der Waals surface area contributed by atoms with E-state index in [1.807, 2.05) is 0 Å². The van der Waals surface area contributed by atoms with Gasteiger partial charge in [-0.3, -0.25) is 4.98 Å². The van der Waals surface area contributed by atoms with Crippen LogP contribution in [-0.2, 0) is 0 Å². The predicted molar refractivity (Wildman–Crippen MR) is 39.0 cm³/mol. The van der Waals surface area contributed by atoms with Gasteiger partial charge in [-0.25, -0.2) is 9.78 Å². The summed E-state index contributed by atoms with van der Waals surface area (Å²) in [5.74, 6) is -0.516. The number of nitrogen functional groups attached to an aromatic ring is 1. The summed E-state index contributed by atoms with van der Waals surface area (Å²) in [7, 11) is 0. The van der Waals surface area contributed by atoms with E-state index >= 15 is 0 Å². The fourth-order valence-corrected chi connectivity index (χ4v) is 0.863. The second-order valence-corrected chi connectivity index (χ2v) is 2.14. The molecule has 0 atom stereocenters. The van der Waals surface area contributed by atoms with Gasteiger partial charge >= 0.3 is 5.76 Å². The van der Waals surface area contributed by atoms with Crippen LogP contribution in [-0.4, -0.2) is 9.97 Å². The molecule has 0 fully saturated rings. The molecule has 2 aromatic heterocycles. The number of nitrogens with zero attached hydrogens (tertiary/aromatic N) is 1. The monoisotopic (exact) mass is 151 g/mol. The molecule has 5 nitrogen and oxygen atoms in total. The van der Waals surface area contributed by atoms with Crippen molar-refractivity contribution < 1.29 is 4.42 Å². The van der Waals surface area contributed by atoms with Crippen molar-refractivity contribution in [2.75, 3.05) is 5.73 Å². The highest BCUT2D eigenvalue weighted by Gasteiger charge is 2.00. The van der Waals surface area contributed by atoms with Crippen LogP contribution in [0.5, 0.6) is 0 Å². The summed E-state index contributed by atoms with van der Waals surface area (Å²) < 4.78 is 4.65. The number of rotatable bonds is 0. The van der Waals surface area contributed by atoms with Crippen molar-refractivity contribution in [3.63, 3.8) is 0 Å².